The fourth-order valence-electron chi connectivity index (χ4n) is 15.5. The molecule has 0 radical (unpaired) electrons. The largest absolute Gasteiger partial charge is 0.406 e. The molecule has 22 nitrogen and oxygen atoms in total. The van der Waals surface area contributed by atoms with Gasteiger partial charge < -0.3 is 73.3 Å². The fraction of sp³-hybridized carbons (Fsp3) is 0.910. The Morgan fingerprint density at radius 2 is 0.613 bits per heavy atom. The number of carbonyl (C=O) groups is 7. The molecule has 1 saturated carbocycles. The number of likely N-dealkylation sites (tertiary alicyclic amines) is 7. The van der Waals surface area contributed by atoms with Gasteiger partial charge in [0, 0.05) is 137 Å². The van der Waals surface area contributed by atoms with E-state index in [4.69, 9.17) is 4.74 Å². The number of rotatable bonds is 20. The first kappa shape index (κ1) is 102. The molecule has 650 valence electrons. The van der Waals surface area contributed by atoms with Crippen molar-refractivity contribution in [2.45, 2.75) is 270 Å². The Morgan fingerprint density at radius 1 is 0.369 bits per heavy atom. The van der Waals surface area contributed by atoms with Crippen LogP contribution in [0.1, 0.15) is 186 Å². The second kappa shape index (κ2) is 48.7. The lowest BCUT2D eigenvalue weighted by atomic mass is 9.84. The number of ether oxygens (including phenoxy) is 1. The van der Waals surface area contributed by atoms with E-state index in [-0.39, 0.29) is 109 Å². The number of hydrogen-bond acceptors (Lipinski definition) is 15. The lowest BCUT2D eigenvalue weighted by molar-refractivity contribution is -0.166. The van der Waals surface area contributed by atoms with Crippen LogP contribution in [0.4, 0.5) is 48.3 Å². The number of amides is 7. The Kier molecular flexibility index (Phi) is 44.8. The topological polar surface area (TPSA) is 174 Å². The van der Waals surface area contributed by atoms with E-state index < -0.39 is 62.3 Å². The van der Waals surface area contributed by atoms with Gasteiger partial charge >= 0.3 is 6.18 Å². The Bertz CT molecular complexity index is 2570. The summed E-state index contributed by atoms with van der Waals surface area (Å²) >= 11 is 0. The van der Waals surface area contributed by atoms with Crippen molar-refractivity contribution in [2.75, 3.05) is 194 Å². The van der Waals surface area contributed by atoms with E-state index in [1.807, 2.05) is 46.9 Å². The van der Waals surface area contributed by atoms with E-state index in [0.717, 1.165) is 181 Å². The normalized spacial score (nSPS) is 20.7. The minimum absolute atomic E-state index is 0.00259. The first-order valence-corrected chi connectivity index (χ1v) is 39.9. The number of halogens is 11. The molecule has 111 heavy (non-hydrogen) atoms. The van der Waals surface area contributed by atoms with Crippen LogP contribution in [-0.2, 0) is 38.3 Å². The van der Waals surface area contributed by atoms with Crippen LogP contribution in [0, 0.1) is 0 Å². The van der Waals surface area contributed by atoms with Crippen LogP contribution in [0.3, 0.4) is 0 Å². The quantitative estimate of drug-likeness (QED) is 0.105. The third-order valence-electron chi connectivity index (χ3n) is 22.2. The highest BCUT2D eigenvalue weighted by Crippen LogP contribution is 2.42. The Morgan fingerprint density at radius 3 is 0.829 bits per heavy atom. The van der Waals surface area contributed by atoms with Crippen LogP contribution in [0.25, 0.3) is 0 Å². The van der Waals surface area contributed by atoms with Crippen molar-refractivity contribution in [2.24, 2.45) is 0 Å². The molecule has 33 heteroatoms. The molecule has 0 aromatic rings. The molecule has 8 aliphatic rings. The lowest BCUT2D eigenvalue weighted by Crippen LogP contribution is -2.57. The third kappa shape index (κ3) is 41.1. The Hall–Kier alpha value is -4.80. The molecule has 0 unspecified atom stereocenters. The summed E-state index contributed by atoms with van der Waals surface area (Å²) in [6.07, 6.45) is 5.11. The zero-order valence-corrected chi connectivity index (χ0v) is 71.0. The highest BCUT2D eigenvalue weighted by molar-refractivity contribution is 5.76. The summed E-state index contributed by atoms with van der Waals surface area (Å²) in [5.74, 6) is -6.27. The first-order valence-electron chi connectivity index (χ1n) is 39.9. The van der Waals surface area contributed by atoms with Crippen LogP contribution in [-0.4, -0.2) is 388 Å². The van der Waals surface area contributed by atoms with E-state index >= 15 is 0 Å². The molecular weight excluding hydrogens is 1470 g/mol. The van der Waals surface area contributed by atoms with Crippen molar-refractivity contribution < 1.29 is 86.6 Å². The van der Waals surface area contributed by atoms with Gasteiger partial charge in [0.25, 0.3) is 18.3 Å². The SMILES string of the molecule is CC(=O)N(C1CCN(C)CC1)C1CC(F)(F)C1.CC(=O)N(CC(C)(C)F)C1CCN(C)CC1.CC(=O)N(CC(C)(F)F)C1CCN(C)CC1.CC(=O)N(CC(F)(F)F)C1CCN(C)CC1.CC(=O)N(CC(F)F)C1CCN(C)CC1.CC(=O)N(CCF)C1CCN(C)CC1.COC(C)(C)CN(C(C)=O)C1CCN(C)CC1. The van der Waals surface area contributed by atoms with Gasteiger partial charge in [-0.05, 0) is 259 Å². The zero-order chi connectivity index (χ0) is 84.7. The predicted octanol–water partition coefficient (Wildman–Crippen LogP) is 9.93. The molecule has 7 aliphatic heterocycles. The average molecular weight is 1610 g/mol. The van der Waals surface area contributed by atoms with E-state index in [1.165, 1.54) is 65.2 Å². The summed E-state index contributed by atoms with van der Waals surface area (Å²) in [6.45, 7) is 29.7. The molecule has 8 rings (SSSR count). The number of methoxy groups -OCH3 is 1. The zero-order valence-electron chi connectivity index (χ0n) is 71.0. The van der Waals surface area contributed by atoms with Crippen molar-refractivity contribution in [1.82, 2.24) is 68.6 Å². The van der Waals surface area contributed by atoms with Gasteiger partial charge in [-0.2, -0.15) is 13.2 Å². The maximum absolute atomic E-state index is 13.6. The second-order valence-electron chi connectivity index (χ2n) is 33.5. The van der Waals surface area contributed by atoms with Gasteiger partial charge in [-0.25, -0.2) is 35.1 Å². The third-order valence-corrected chi connectivity index (χ3v) is 22.2. The number of nitrogens with zero attached hydrogens (tertiary/aromatic N) is 14. The number of alkyl halides is 11. The molecule has 0 aromatic carbocycles. The Labute approximate surface area is 658 Å². The van der Waals surface area contributed by atoms with Crippen LogP contribution in [0.2, 0.25) is 0 Å². The Balaban J connectivity index is 0.000000440. The summed E-state index contributed by atoms with van der Waals surface area (Å²) in [4.78, 5) is 106. The van der Waals surface area contributed by atoms with Gasteiger partial charge in [0.1, 0.15) is 18.9 Å². The van der Waals surface area contributed by atoms with Crippen molar-refractivity contribution >= 4 is 41.4 Å². The van der Waals surface area contributed by atoms with Gasteiger partial charge in [0.2, 0.25) is 41.4 Å². The predicted molar refractivity (Wildman–Crippen MR) is 413 cm³/mol. The minimum Gasteiger partial charge on any atom is -0.377 e. The summed E-state index contributed by atoms with van der Waals surface area (Å²) < 4.78 is 144. The monoisotopic (exact) mass is 1610 g/mol. The minimum atomic E-state index is -4.31. The van der Waals surface area contributed by atoms with Crippen molar-refractivity contribution in [3.8, 4) is 0 Å². The van der Waals surface area contributed by atoms with E-state index in [1.54, 1.807) is 28.7 Å². The molecule has 7 saturated heterocycles. The van der Waals surface area contributed by atoms with Crippen molar-refractivity contribution in [3.05, 3.63) is 0 Å². The van der Waals surface area contributed by atoms with Gasteiger partial charge in [-0.1, -0.05) is 0 Å². The molecule has 7 heterocycles. The van der Waals surface area contributed by atoms with E-state index in [0.29, 0.717) is 25.4 Å². The van der Waals surface area contributed by atoms with Gasteiger partial charge in [-0.15, -0.1) is 0 Å². The number of piperidine rings is 7. The number of carbonyl (C=O) groups excluding carboxylic acids is 7. The molecule has 1 aliphatic carbocycles. The summed E-state index contributed by atoms with van der Waals surface area (Å²) in [6, 6.07) is 0.449. The van der Waals surface area contributed by atoms with Crippen LogP contribution in [0.5, 0.6) is 0 Å². The molecule has 7 amide bonds. The lowest BCUT2D eigenvalue weighted by Gasteiger charge is -2.47. The summed E-state index contributed by atoms with van der Waals surface area (Å²) in [7, 11) is 16.0. The number of hydrogen-bond donors (Lipinski definition) is 0. The van der Waals surface area contributed by atoms with Crippen LogP contribution in [0.15, 0.2) is 0 Å². The van der Waals surface area contributed by atoms with E-state index in [9.17, 15) is 81.9 Å². The molecule has 8 fully saturated rings. The molecule has 0 spiro atoms. The second-order valence-corrected chi connectivity index (χ2v) is 33.5. The van der Waals surface area contributed by atoms with Gasteiger partial charge in [0.05, 0.1) is 25.2 Å². The molecule has 0 aromatic heterocycles. The first-order chi connectivity index (χ1) is 51.3. The molecular formula is C78H143F11N14O8. The van der Waals surface area contributed by atoms with Crippen LogP contribution < -0.4 is 0 Å². The van der Waals surface area contributed by atoms with Crippen LogP contribution >= 0.6 is 0 Å². The molecule has 0 N–H and O–H groups in total. The fourth-order valence-corrected chi connectivity index (χ4v) is 15.5. The van der Waals surface area contributed by atoms with E-state index in [2.05, 4.69) is 55.4 Å². The van der Waals surface area contributed by atoms with Gasteiger partial charge in [-0.3, -0.25) is 33.6 Å². The maximum Gasteiger partial charge on any atom is 0.406 e. The smallest absolute Gasteiger partial charge is 0.377 e. The summed E-state index contributed by atoms with van der Waals surface area (Å²) in [5.41, 5.74) is -1.58. The van der Waals surface area contributed by atoms with Crippen molar-refractivity contribution in [3.63, 3.8) is 0 Å². The molecule has 0 atom stereocenters. The highest BCUT2D eigenvalue weighted by atomic mass is 19.4. The molecule has 0 bridgehead atoms. The average Bonchev–Trinajstić information content (AvgIpc) is 0.779. The maximum atomic E-state index is 13.6. The summed E-state index contributed by atoms with van der Waals surface area (Å²) in [5, 5.41) is 0. The van der Waals surface area contributed by atoms with Crippen molar-refractivity contribution in [1.29, 1.82) is 0 Å². The van der Waals surface area contributed by atoms with Gasteiger partial charge in [0.15, 0.2) is 0 Å². The highest BCUT2D eigenvalue weighted by Gasteiger charge is 2.50. The standard InChI is InChI=1S/C13H26N2O2.C12H20F2N2O.C12H23FN2O.C11H20F2N2O.C10H17F3N2O.C10H18F2N2O.C10H19FN2O/c1-11(16)15(10-13(2,3)17-5)12-6-8-14(4)9-7-12;1-9(17)16(11-7-12(13,14)8-11)10-3-5-15(2)6-4-10;1-10(16)15(9-12(2,3)13)11-5-7-14(4)8-6-11;1-9(16)15(8-11(2,12)13)10-4-6-14(3)7-5-10;1-8(16)15(7-10(11,12)13)9-3-5-14(2)6-4-9;1-8(15)14(7-10(11)12)9-3-5-13(2)6-4-9;1-9(14)13(8-5-11)10-3-6-12(2)7-4-10/h12H,6-10H2,1-5H3;10-11H,3-8H2,1-2H3;11H,5-9H2,1-4H3;10H,4-8H2,1-3H3;9H,3-7H2,1-2H3;9-10H,3-7H2,1-2H3;10H,3-8H2,1-2H3.